The van der Waals surface area contributed by atoms with E-state index in [0.717, 1.165) is 0 Å². The van der Waals surface area contributed by atoms with Crippen LogP contribution in [0.25, 0.3) is 6.08 Å². The van der Waals surface area contributed by atoms with Gasteiger partial charge in [0.15, 0.2) is 0 Å². The number of hydrogen-bond acceptors (Lipinski definition) is 0. The molecule has 0 N–H and O–H groups in total. The van der Waals surface area contributed by atoms with Crippen molar-refractivity contribution in [1.29, 1.82) is 0 Å². The first-order valence-corrected chi connectivity index (χ1v) is 7.56. The van der Waals surface area contributed by atoms with Crippen molar-refractivity contribution in [2.75, 3.05) is 0 Å². The molecule has 0 heterocycles. The SMILES string of the molecule is CCC/C=C(/P)CCCC/C=C/c1ccccc1. The molecule has 0 radical (unpaired) electrons. The van der Waals surface area contributed by atoms with Crippen LogP contribution in [0.15, 0.2) is 47.8 Å². The second-order valence-corrected chi connectivity index (χ2v) is 5.37. The van der Waals surface area contributed by atoms with Crippen LogP contribution in [-0.2, 0) is 0 Å². The predicted molar refractivity (Wildman–Crippen MR) is 86.6 cm³/mol. The second-order valence-electron chi connectivity index (χ2n) is 4.63. The molecule has 98 valence electrons. The van der Waals surface area contributed by atoms with Crippen LogP contribution in [0.1, 0.15) is 51.0 Å². The number of benzene rings is 1. The van der Waals surface area contributed by atoms with Gasteiger partial charge in [-0.05, 0) is 37.7 Å². The van der Waals surface area contributed by atoms with E-state index in [4.69, 9.17) is 0 Å². The molecule has 1 rings (SSSR count). The Labute approximate surface area is 114 Å². The lowest BCUT2D eigenvalue weighted by atomic mass is 10.1. The quantitative estimate of drug-likeness (QED) is 0.408. The Hall–Kier alpha value is -0.870. The highest BCUT2D eigenvalue weighted by molar-refractivity contribution is 7.22. The number of allylic oxidation sites excluding steroid dienone is 3. The third-order valence-electron chi connectivity index (χ3n) is 2.89. The summed E-state index contributed by atoms with van der Waals surface area (Å²) in [6.07, 6.45) is 14.3. The third kappa shape index (κ3) is 7.45. The molecule has 1 aromatic rings. The fraction of sp³-hybridized carbons (Fsp3) is 0.412. The molecule has 1 heteroatoms. The van der Waals surface area contributed by atoms with Crippen molar-refractivity contribution < 1.29 is 0 Å². The van der Waals surface area contributed by atoms with Gasteiger partial charge in [-0.1, -0.05) is 67.2 Å². The molecule has 0 aliphatic heterocycles. The summed E-state index contributed by atoms with van der Waals surface area (Å²) in [7, 11) is 2.87. The Balaban J connectivity index is 2.10. The van der Waals surface area contributed by atoms with Gasteiger partial charge in [0.25, 0.3) is 0 Å². The Kier molecular flexibility index (Phi) is 8.51. The van der Waals surface area contributed by atoms with Gasteiger partial charge in [0.1, 0.15) is 0 Å². The van der Waals surface area contributed by atoms with Gasteiger partial charge in [-0.15, -0.1) is 9.24 Å². The van der Waals surface area contributed by atoms with E-state index in [1.807, 2.05) is 0 Å². The molecule has 1 aromatic carbocycles. The van der Waals surface area contributed by atoms with Gasteiger partial charge in [-0.3, -0.25) is 0 Å². The monoisotopic (exact) mass is 260 g/mol. The number of unbranched alkanes of at least 4 members (excludes halogenated alkanes) is 3. The second kappa shape index (κ2) is 10.1. The van der Waals surface area contributed by atoms with E-state index in [-0.39, 0.29) is 0 Å². The zero-order valence-electron chi connectivity index (χ0n) is 11.4. The maximum Gasteiger partial charge on any atom is -0.0260 e. The topological polar surface area (TPSA) is 0 Å². The van der Waals surface area contributed by atoms with Crippen LogP contribution in [0.5, 0.6) is 0 Å². The van der Waals surface area contributed by atoms with Crippen molar-refractivity contribution in [3.05, 3.63) is 53.4 Å². The molecule has 1 atom stereocenters. The van der Waals surface area contributed by atoms with E-state index in [1.165, 1.54) is 49.4 Å². The minimum Gasteiger partial charge on any atom is -0.110 e. The third-order valence-corrected chi connectivity index (χ3v) is 3.42. The maximum atomic E-state index is 2.87. The van der Waals surface area contributed by atoms with E-state index < -0.39 is 0 Å². The summed E-state index contributed by atoms with van der Waals surface area (Å²) >= 11 is 0. The summed E-state index contributed by atoms with van der Waals surface area (Å²) < 4.78 is 0. The molecule has 0 aliphatic rings. The molecule has 0 saturated carbocycles. The summed E-state index contributed by atoms with van der Waals surface area (Å²) in [6, 6.07) is 10.5. The van der Waals surface area contributed by atoms with Gasteiger partial charge in [0.05, 0.1) is 0 Å². The summed E-state index contributed by atoms with van der Waals surface area (Å²) in [5, 5.41) is 1.48. The average molecular weight is 260 g/mol. The Bertz CT molecular complexity index is 362. The summed E-state index contributed by atoms with van der Waals surface area (Å²) in [5.74, 6) is 0. The van der Waals surface area contributed by atoms with E-state index in [2.05, 4.69) is 64.7 Å². The normalized spacial score (nSPS) is 12.2. The van der Waals surface area contributed by atoms with Crippen molar-refractivity contribution >= 4 is 15.3 Å². The van der Waals surface area contributed by atoms with Crippen molar-refractivity contribution in [1.82, 2.24) is 0 Å². The molecule has 0 aliphatic carbocycles. The molecule has 0 saturated heterocycles. The predicted octanol–water partition coefficient (Wildman–Crippen LogP) is 5.82. The first-order valence-electron chi connectivity index (χ1n) is 6.99. The Morgan fingerprint density at radius 2 is 1.89 bits per heavy atom. The van der Waals surface area contributed by atoms with Crippen LogP contribution in [0.4, 0.5) is 0 Å². The molecule has 0 aromatic heterocycles. The highest BCUT2D eigenvalue weighted by Gasteiger charge is 1.90. The van der Waals surface area contributed by atoms with Crippen LogP contribution in [0.3, 0.4) is 0 Å². The lowest BCUT2D eigenvalue weighted by Crippen LogP contribution is -1.77. The Morgan fingerprint density at radius 3 is 2.61 bits per heavy atom. The van der Waals surface area contributed by atoms with Crippen molar-refractivity contribution in [2.24, 2.45) is 0 Å². The summed E-state index contributed by atoms with van der Waals surface area (Å²) in [6.45, 7) is 2.23. The van der Waals surface area contributed by atoms with Crippen molar-refractivity contribution in [3.8, 4) is 0 Å². The van der Waals surface area contributed by atoms with Gasteiger partial charge in [-0.2, -0.15) is 0 Å². The van der Waals surface area contributed by atoms with Gasteiger partial charge < -0.3 is 0 Å². The molecule has 18 heavy (non-hydrogen) atoms. The lowest BCUT2D eigenvalue weighted by molar-refractivity contribution is 0.756. The molecule has 0 bridgehead atoms. The maximum absolute atomic E-state index is 2.87. The van der Waals surface area contributed by atoms with Crippen LogP contribution in [-0.4, -0.2) is 0 Å². The molecule has 0 nitrogen and oxygen atoms in total. The number of rotatable bonds is 8. The summed E-state index contributed by atoms with van der Waals surface area (Å²) in [4.78, 5) is 0. The molecular formula is C17H25P. The largest absolute Gasteiger partial charge is 0.110 e. The first kappa shape index (κ1) is 15.2. The zero-order chi connectivity index (χ0) is 13.1. The van der Waals surface area contributed by atoms with Gasteiger partial charge in [0, 0.05) is 0 Å². The summed E-state index contributed by atoms with van der Waals surface area (Å²) in [5.41, 5.74) is 1.30. The van der Waals surface area contributed by atoms with Crippen molar-refractivity contribution in [3.63, 3.8) is 0 Å². The van der Waals surface area contributed by atoms with Crippen molar-refractivity contribution in [2.45, 2.75) is 45.4 Å². The minimum absolute atomic E-state index is 1.18. The fourth-order valence-electron chi connectivity index (χ4n) is 1.81. The van der Waals surface area contributed by atoms with Gasteiger partial charge >= 0.3 is 0 Å². The fourth-order valence-corrected chi connectivity index (χ4v) is 2.18. The van der Waals surface area contributed by atoms with Crippen LogP contribution < -0.4 is 0 Å². The average Bonchev–Trinajstić information content (AvgIpc) is 2.41. The first-order chi connectivity index (χ1) is 8.83. The standard InChI is InChI=1S/C17H25P/c1-2-3-14-17(18)15-10-5-4-7-11-16-12-8-6-9-13-16/h6-9,11-14H,2-5,10,15,18H2,1H3/b11-7+,17-14+. The zero-order valence-corrected chi connectivity index (χ0v) is 12.6. The van der Waals surface area contributed by atoms with Crippen LogP contribution >= 0.6 is 9.24 Å². The number of hydrogen-bond donors (Lipinski definition) is 0. The van der Waals surface area contributed by atoms with E-state index >= 15 is 0 Å². The molecule has 0 fully saturated rings. The molecular weight excluding hydrogens is 235 g/mol. The van der Waals surface area contributed by atoms with Crippen LogP contribution in [0, 0.1) is 0 Å². The smallest absolute Gasteiger partial charge is 0.0260 e. The van der Waals surface area contributed by atoms with Crippen LogP contribution in [0.2, 0.25) is 0 Å². The van der Waals surface area contributed by atoms with E-state index in [1.54, 1.807) is 0 Å². The Morgan fingerprint density at radius 1 is 1.11 bits per heavy atom. The van der Waals surface area contributed by atoms with E-state index in [0.29, 0.717) is 0 Å². The molecule has 1 unspecified atom stereocenters. The molecule has 0 amide bonds. The highest BCUT2D eigenvalue weighted by Crippen LogP contribution is 2.17. The highest BCUT2D eigenvalue weighted by atomic mass is 31.0. The minimum atomic E-state index is 1.18. The van der Waals surface area contributed by atoms with Gasteiger partial charge in [0.2, 0.25) is 0 Å². The lowest BCUT2D eigenvalue weighted by Gasteiger charge is -2.00. The molecule has 0 spiro atoms. The van der Waals surface area contributed by atoms with Gasteiger partial charge in [-0.25, -0.2) is 0 Å². The van der Waals surface area contributed by atoms with E-state index in [9.17, 15) is 0 Å².